The van der Waals surface area contributed by atoms with Gasteiger partial charge in [-0.05, 0) is 229 Å². The van der Waals surface area contributed by atoms with Crippen LogP contribution in [0.25, 0.3) is 49.4 Å². The molecule has 3 aliphatic rings. The van der Waals surface area contributed by atoms with E-state index in [-0.39, 0.29) is 0 Å². The number of unbranched alkanes of at least 4 members (excludes halogenated alkanes) is 4. The van der Waals surface area contributed by atoms with Gasteiger partial charge >= 0.3 is 0 Å². The third-order valence-corrected chi connectivity index (χ3v) is 19.3. The number of hydrogen-bond acceptors (Lipinski definition) is 0. The fourth-order valence-corrected chi connectivity index (χ4v) is 13.6. The van der Waals surface area contributed by atoms with Crippen LogP contribution in [-0.4, -0.2) is 0 Å². The van der Waals surface area contributed by atoms with Crippen LogP contribution in [0.5, 0.6) is 0 Å². The number of halogens is 6. The van der Waals surface area contributed by atoms with Crippen LogP contribution in [0.1, 0.15) is 209 Å². The van der Waals surface area contributed by atoms with Gasteiger partial charge in [0.05, 0.1) is 6.57 Å². The highest BCUT2D eigenvalue weighted by molar-refractivity contribution is 5.68. The van der Waals surface area contributed by atoms with Crippen molar-refractivity contribution in [3.8, 4) is 44.5 Å². The molecular formula is C82H93F6N. The summed E-state index contributed by atoms with van der Waals surface area (Å²) < 4.78 is 79.2. The molecule has 7 heteroatoms. The van der Waals surface area contributed by atoms with E-state index in [0.29, 0.717) is 23.4 Å². The number of benzene rings is 8. The average molecular weight is 1210 g/mol. The van der Waals surface area contributed by atoms with Gasteiger partial charge < -0.3 is 0 Å². The minimum Gasteiger partial charge on any atom is -0.238 e. The van der Waals surface area contributed by atoms with Crippen molar-refractivity contribution in [1.82, 2.24) is 0 Å². The summed E-state index contributed by atoms with van der Waals surface area (Å²) in [6.45, 7) is 16.0. The van der Waals surface area contributed by atoms with Gasteiger partial charge in [-0.25, -0.2) is 31.2 Å². The van der Waals surface area contributed by atoms with Crippen LogP contribution in [-0.2, 0) is 6.42 Å². The van der Waals surface area contributed by atoms with Crippen molar-refractivity contribution in [1.29, 1.82) is 0 Å². The van der Waals surface area contributed by atoms with Crippen molar-refractivity contribution < 1.29 is 26.3 Å². The van der Waals surface area contributed by atoms with Crippen LogP contribution in [0.15, 0.2) is 176 Å². The van der Waals surface area contributed by atoms with Gasteiger partial charge in [0.2, 0.25) is 0 Å². The zero-order chi connectivity index (χ0) is 62.9. The highest BCUT2D eigenvalue weighted by Gasteiger charge is 2.24. The average Bonchev–Trinajstić information content (AvgIpc) is 3.77. The standard InChI is InChI=1S/C23H28F2.C21H24F2.C20H22F2.C18H19N/c1-2-3-4-5-17-6-8-18(9-7-17)19-10-12-20(13-11-19)21-14-15-22(24)23(25)16-21;1-2-3-15-4-6-16(7-5-15)17-8-10-18(11-9-17)19-12-13-20(22)21(23)14-19;1-2-14-3-5-15(6-4-14)16-7-9-17(10-8-16)18-11-12-19(21)20(22)13-18;1-3-4-5-6-15-7-9-16(10-8-15)17-11-13-18(19-2)14-12-17/h10-18H,2-9H2,1H3;8-16H,2-7H2,1H3;7-15H,2-6H2,1H3;7-14H,3-6H2,1H3. The quantitative estimate of drug-likeness (QED) is 0.0458. The van der Waals surface area contributed by atoms with E-state index < -0.39 is 34.9 Å². The van der Waals surface area contributed by atoms with E-state index in [1.54, 1.807) is 18.2 Å². The van der Waals surface area contributed by atoms with Crippen molar-refractivity contribution in [2.45, 2.75) is 193 Å². The summed E-state index contributed by atoms with van der Waals surface area (Å²) in [7, 11) is 0. The molecule has 8 aromatic rings. The Labute approximate surface area is 529 Å². The first kappa shape index (κ1) is 67.8. The Morgan fingerprint density at radius 1 is 0.315 bits per heavy atom. The molecule has 8 aromatic carbocycles. The summed E-state index contributed by atoms with van der Waals surface area (Å²) in [4.78, 5) is 3.41. The van der Waals surface area contributed by atoms with Crippen LogP contribution in [0.3, 0.4) is 0 Å². The van der Waals surface area contributed by atoms with Crippen LogP contribution in [0.2, 0.25) is 0 Å². The third kappa shape index (κ3) is 20.4. The Morgan fingerprint density at radius 2 is 0.629 bits per heavy atom. The Morgan fingerprint density at radius 3 is 0.966 bits per heavy atom. The van der Waals surface area contributed by atoms with Gasteiger partial charge in [-0.1, -0.05) is 225 Å². The van der Waals surface area contributed by atoms with E-state index >= 15 is 0 Å². The van der Waals surface area contributed by atoms with Crippen LogP contribution in [0, 0.1) is 59.2 Å². The summed E-state index contributed by atoms with van der Waals surface area (Å²) in [6, 6.07) is 53.9. The second-order valence-electron chi connectivity index (χ2n) is 25.4. The molecule has 0 bridgehead atoms. The maximum absolute atomic E-state index is 13.4. The zero-order valence-electron chi connectivity index (χ0n) is 53.2. The predicted octanol–water partition coefficient (Wildman–Crippen LogP) is 26.1. The number of rotatable bonds is 18. The van der Waals surface area contributed by atoms with E-state index in [1.165, 1.54) is 217 Å². The van der Waals surface area contributed by atoms with E-state index in [2.05, 4.69) is 93.2 Å². The van der Waals surface area contributed by atoms with Gasteiger partial charge in [-0.15, -0.1) is 0 Å². The molecule has 0 saturated heterocycles. The molecule has 468 valence electrons. The molecule has 3 saturated carbocycles. The van der Waals surface area contributed by atoms with Gasteiger partial charge in [0.1, 0.15) is 0 Å². The van der Waals surface area contributed by atoms with Crippen molar-refractivity contribution >= 4 is 5.69 Å². The SMILES string of the molecule is CCC1CCC(c2ccc(-c3ccc(F)c(F)c3)cc2)CC1.CCCC1CCC(c2ccc(-c3ccc(F)c(F)c3)cc2)CC1.CCCCCC1CCC(c2ccc(-c3ccc(F)c(F)c3)cc2)CC1.[C-]#[N+]c1ccc(-c2ccc(CCCCC)cc2)cc1. The van der Waals surface area contributed by atoms with E-state index in [1.807, 2.05) is 60.7 Å². The lowest BCUT2D eigenvalue weighted by atomic mass is 9.77. The molecular weight excluding hydrogens is 1110 g/mol. The highest BCUT2D eigenvalue weighted by Crippen LogP contribution is 2.41. The topological polar surface area (TPSA) is 4.36 Å². The summed E-state index contributed by atoms with van der Waals surface area (Å²) in [5.74, 6) is -0.0633. The molecule has 0 unspecified atom stereocenters. The molecule has 3 fully saturated rings. The first-order valence-corrected chi connectivity index (χ1v) is 33.6. The molecule has 0 amide bonds. The Hall–Kier alpha value is -7.17. The van der Waals surface area contributed by atoms with Gasteiger partial charge in [0.25, 0.3) is 0 Å². The number of nitrogens with zero attached hydrogens (tertiary/aromatic N) is 1. The van der Waals surface area contributed by atoms with E-state index in [4.69, 9.17) is 6.57 Å². The number of hydrogen-bond donors (Lipinski definition) is 0. The minimum absolute atomic E-state index is 0.654. The first-order valence-electron chi connectivity index (χ1n) is 33.6. The fourth-order valence-electron chi connectivity index (χ4n) is 13.6. The lowest BCUT2D eigenvalue weighted by molar-refractivity contribution is 0.303. The van der Waals surface area contributed by atoms with Crippen molar-refractivity contribution in [3.05, 3.63) is 244 Å². The Balaban J connectivity index is 0.000000154. The van der Waals surface area contributed by atoms with Crippen LogP contribution in [0.4, 0.5) is 32.0 Å². The summed E-state index contributed by atoms with van der Waals surface area (Å²) in [5.41, 5.74) is 13.6. The number of aryl methyl sites for hydroxylation is 1. The Bertz CT molecular complexity index is 3390. The molecule has 3 aliphatic carbocycles. The second-order valence-corrected chi connectivity index (χ2v) is 25.4. The second kappa shape index (κ2) is 35.3. The summed E-state index contributed by atoms with van der Waals surface area (Å²) >= 11 is 0. The van der Waals surface area contributed by atoms with E-state index in [0.717, 1.165) is 51.1 Å². The summed E-state index contributed by atoms with van der Waals surface area (Å²) in [6.07, 6.45) is 30.1. The molecule has 89 heavy (non-hydrogen) atoms. The molecule has 0 N–H and O–H groups in total. The Kier molecular flexibility index (Phi) is 26.9. The van der Waals surface area contributed by atoms with Crippen molar-refractivity contribution in [2.75, 3.05) is 0 Å². The maximum Gasteiger partial charge on any atom is 0.187 e. The molecule has 0 atom stereocenters. The minimum atomic E-state index is -0.798. The van der Waals surface area contributed by atoms with Crippen molar-refractivity contribution in [2.24, 2.45) is 17.8 Å². The van der Waals surface area contributed by atoms with Gasteiger partial charge in [-0.2, -0.15) is 0 Å². The molecule has 0 aliphatic heterocycles. The first-order chi connectivity index (χ1) is 43.3. The molecule has 1 nitrogen and oxygen atoms in total. The maximum atomic E-state index is 13.4. The van der Waals surface area contributed by atoms with E-state index in [9.17, 15) is 26.3 Å². The third-order valence-electron chi connectivity index (χ3n) is 19.3. The fraction of sp³-hybridized carbons (Fsp3) is 0.402. The van der Waals surface area contributed by atoms with Gasteiger partial charge in [0, 0.05) is 0 Å². The molecule has 0 radical (unpaired) electrons. The molecule has 0 aromatic heterocycles. The van der Waals surface area contributed by atoms with Crippen LogP contribution >= 0.6 is 0 Å². The molecule has 0 spiro atoms. The normalized spacial score (nSPS) is 18.8. The molecule has 11 rings (SSSR count). The summed E-state index contributed by atoms with van der Waals surface area (Å²) in [5, 5.41) is 0. The zero-order valence-corrected chi connectivity index (χ0v) is 53.2. The highest BCUT2D eigenvalue weighted by atomic mass is 19.2. The smallest absolute Gasteiger partial charge is 0.187 e. The van der Waals surface area contributed by atoms with Crippen molar-refractivity contribution in [3.63, 3.8) is 0 Å². The lowest BCUT2D eigenvalue weighted by Gasteiger charge is -2.29. The molecule has 0 heterocycles. The monoisotopic (exact) mass is 1210 g/mol. The predicted molar refractivity (Wildman–Crippen MR) is 360 cm³/mol. The lowest BCUT2D eigenvalue weighted by Crippen LogP contribution is -2.13. The van der Waals surface area contributed by atoms with Gasteiger partial charge in [0.15, 0.2) is 40.6 Å². The largest absolute Gasteiger partial charge is 0.238 e. The van der Waals surface area contributed by atoms with Crippen LogP contribution < -0.4 is 0 Å². The van der Waals surface area contributed by atoms with Gasteiger partial charge in [-0.3, -0.25) is 0 Å².